The lowest BCUT2D eigenvalue weighted by Crippen LogP contribution is -2.30. The molecule has 0 atom stereocenters. The Labute approximate surface area is 85.9 Å². The second-order valence-electron chi connectivity index (χ2n) is 3.30. The highest BCUT2D eigenvalue weighted by Crippen LogP contribution is 2.20. The lowest BCUT2D eigenvalue weighted by atomic mass is 10.2. The molecule has 5 heteroatoms. The maximum absolute atomic E-state index is 12.1. The van der Waals surface area contributed by atoms with Gasteiger partial charge in [-0.2, -0.15) is 13.2 Å². The number of hydrogen-bond acceptors (Lipinski definition) is 2. The second kappa shape index (κ2) is 4.53. The standard InChI is InChI=1S/C10H12F3NO/c1-14(7-10(11,12)13)9-4-2-8(6-15)3-5-9/h2-5,15H,6-7H2,1H3. The predicted octanol–water partition coefficient (Wildman–Crippen LogP) is 2.18. The maximum Gasteiger partial charge on any atom is 0.405 e. The number of aliphatic hydroxyl groups excluding tert-OH is 1. The first kappa shape index (κ1) is 11.8. The van der Waals surface area contributed by atoms with Crippen molar-refractivity contribution in [2.24, 2.45) is 0 Å². The number of hydrogen-bond donors (Lipinski definition) is 1. The zero-order valence-electron chi connectivity index (χ0n) is 8.25. The first-order chi connectivity index (χ1) is 6.92. The van der Waals surface area contributed by atoms with Gasteiger partial charge in [0.05, 0.1) is 6.61 Å². The van der Waals surface area contributed by atoms with Crippen LogP contribution in [0.25, 0.3) is 0 Å². The van der Waals surface area contributed by atoms with E-state index in [1.165, 1.54) is 7.05 Å². The smallest absolute Gasteiger partial charge is 0.392 e. The van der Waals surface area contributed by atoms with Crippen LogP contribution in [0.2, 0.25) is 0 Å². The molecule has 84 valence electrons. The Kier molecular flexibility index (Phi) is 3.57. The third-order valence-corrected chi connectivity index (χ3v) is 1.98. The van der Waals surface area contributed by atoms with Crippen molar-refractivity contribution in [1.82, 2.24) is 0 Å². The van der Waals surface area contributed by atoms with E-state index in [0.29, 0.717) is 11.3 Å². The highest BCUT2D eigenvalue weighted by atomic mass is 19.4. The summed E-state index contributed by atoms with van der Waals surface area (Å²) in [6.45, 7) is -1.09. The van der Waals surface area contributed by atoms with Crippen LogP contribution in [-0.2, 0) is 6.61 Å². The van der Waals surface area contributed by atoms with E-state index in [2.05, 4.69) is 0 Å². The van der Waals surface area contributed by atoms with Crippen molar-refractivity contribution in [2.75, 3.05) is 18.5 Å². The highest BCUT2D eigenvalue weighted by molar-refractivity contribution is 5.46. The molecule has 15 heavy (non-hydrogen) atoms. The SMILES string of the molecule is CN(CC(F)(F)F)c1ccc(CO)cc1. The van der Waals surface area contributed by atoms with Gasteiger partial charge in [0.25, 0.3) is 0 Å². The van der Waals surface area contributed by atoms with Crippen molar-refractivity contribution in [2.45, 2.75) is 12.8 Å². The van der Waals surface area contributed by atoms with E-state index in [1.807, 2.05) is 0 Å². The fourth-order valence-corrected chi connectivity index (χ4v) is 1.22. The number of aliphatic hydroxyl groups is 1. The molecular weight excluding hydrogens is 207 g/mol. The summed E-state index contributed by atoms with van der Waals surface area (Å²) >= 11 is 0. The highest BCUT2D eigenvalue weighted by Gasteiger charge is 2.29. The molecule has 0 radical (unpaired) electrons. The van der Waals surface area contributed by atoms with Gasteiger partial charge >= 0.3 is 6.18 Å². The van der Waals surface area contributed by atoms with Gasteiger partial charge in [-0.25, -0.2) is 0 Å². The maximum atomic E-state index is 12.1. The largest absolute Gasteiger partial charge is 0.405 e. The third kappa shape index (κ3) is 3.79. The normalized spacial score (nSPS) is 11.5. The fourth-order valence-electron chi connectivity index (χ4n) is 1.22. The quantitative estimate of drug-likeness (QED) is 0.842. The lowest BCUT2D eigenvalue weighted by molar-refractivity contribution is -0.119. The van der Waals surface area contributed by atoms with Gasteiger partial charge in [0.2, 0.25) is 0 Å². The van der Waals surface area contributed by atoms with Crippen molar-refractivity contribution in [3.8, 4) is 0 Å². The molecule has 0 saturated heterocycles. The second-order valence-corrected chi connectivity index (χ2v) is 3.30. The summed E-state index contributed by atoms with van der Waals surface area (Å²) in [5.41, 5.74) is 1.16. The first-order valence-corrected chi connectivity index (χ1v) is 4.40. The molecule has 1 N–H and O–H groups in total. The number of halogens is 3. The van der Waals surface area contributed by atoms with Crippen LogP contribution in [0.15, 0.2) is 24.3 Å². The number of rotatable bonds is 3. The van der Waals surface area contributed by atoms with Gasteiger partial charge in [-0.15, -0.1) is 0 Å². The summed E-state index contributed by atoms with van der Waals surface area (Å²) in [6.07, 6.45) is -4.20. The monoisotopic (exact) mass is 219 g/mol. The topological polar surface area (TPSA) is 23.5 Å². The summed E-state index contributed by atoms with van der Waals surface area (Å²) in [5.74, 6) is 0. The van der Waals surface area contributed by atoms with Gasteiger partial charge in [0, 0.05) is 12.7 Å². The number of benzene rings is 1. The summed E-state index contributed by atoms with van der Waals surface area (Å²) < 4.78 is 36.2. The summed E-state index contributed by atoms with van der Waals surface area (Å²) in [6, 6.07) is 6.30. The van der Waals surface area contributed by atoms with E-state index in [4.69, 9.17) is 5.11 Å². The number of alkyl halides is 3. The average Bonchev–Trinajstić information content (AvgIpc) is 2.15. The Bertz CT molecular complexity index is 307. The lowest BCUT2D eigenvalue weighted by Gasteiger charge is -2.20. The Morgan fingerprint density at radius 3 is 2.13 bits per heavy atom. The number of anilines is 1. The van der Waals surface area contributed by atoms with Crippen molar-refractivity contribution >= 4 is 5.69 Å². The molecule has 2 nitrogen and oxygen atoms in total. The van der Waals surface area contributed by atoms with Crippen LogP contribution in [-0.4, -0.2) is 24.9 Å². The zero-order chi connectivity index (χ0) is 11.5. The fraction of sp³-hybridized carbons (Fsp3) is 0.400. The molecular formula is C10H12F3NO. The van der Waals surface area contributed by atoms with E-state index < -0.39 is 12.7 Å². The van der Waals surface area contributed by atoms with Crippen LogP contribution in [0.5, 0.6) is 0 Å². The third-order valence-electron chi connectivity index (χ3n) is 1.98. The summed E-state index contributed by atoms with van der Waals surface area (Å²) in [7, 11) is 1.38. The van der Waals surface area contributed by atoms with Crippen LogP contribution < -0.4 is 4.90 Å². The molecule has 0 saturated carbocycles. The molecule has 1 aromatic rings. The van der Waals surface area contributed by atoms with Gasteiger partial charge in [-0.3, -0.25) is 0 Å². The van der Waals surface area contributed by atoms with Crippen LogP contribution in [0.3, 0.4) is 0 Å². The minimum Gasteiger partial charge on any atom is -0.392 e. The Morgan fingerprint density at radius 2 is 1.73 bits per heavy atom. The van der Waals surface area contributed by atoms with Crippen LogP contribution in [0.1, 0.15) is 5.56 Å². The van der Waals surface area contributed by atoms with E-state index >= 15 is 0 Å². The number of nitrogens with zero attached hydrogens (tertiary/aromatic N) is 1. The van der Waals surface area contributed by atoms with Gasteiger partial charge in [0.1, 0.15) is 6.54 Å². The predicted molar refractivity (Wildman–Crippen MR) is 51.7 cm³/mol. The minimum atomic E-state index is -4.20. The molecule has 0 unspecified atom stereocenters. The zero-order valence-corrected chi connectivity index (χ0v) is 8.25. The molecule has 1 aromatic carbocycles. The van der Waals surface area contributed by atoms with Crippen molar-refractivity contribution in [3.63, 3.8) is 0 Å². The van der Waals surface area contributed by atoms with Crippen LogP contribution in [0.4, 0.5) is 18.9 Å². The Hall–Kier alpha value is -1.23. The van der Waals surface area contributed by atoms with Crippen molar-refractivity contribution in [3.05, 3.63) is 29.8 Å². The van der Waals surface area contributed by atoms with E-state index in [0.717, 1.165) is 4.90 Å². The summed E-state index contributed by atoms with van der Waals surface area (Å²) in [5, 5.41) is 8.76. The van der Waals surface area contributed by atoms with E-state index in [1.54, 1.807) is 24.3 Å². The molecule has 0 aliphatic rings. The summed E-state index contributed by atoms with van der Waals surface area (Å²) in [4.78, 5) is 1.11. The molecule has 0 aromatic heterocycles. The van der Waals surface area contributed by atoms with Crippen molar-refractivity contribution < 1.29 is 18.3 Å². The minimum absolute atomic E-state index is 0.108. The van der Waals surface area contributed by atoms with Crippen LogP contribution in [0, 0.1) is 0 Å². The molecule has 1 rings (SSSR count). The average molecular weight is 219 g/mol. The molecule has 0 heterocycles. The van der Waals surface area contributed by atoms with Gasteiger partial charge in [0.15, 0.2) is 0 Å². The van der Waals surface area contributed by atoms with Crippen LogP contribution >= 0.6 is 0 Å². The molecule has 0 bridgehead atoms. The molecule has 0 spiro atoms. The Balaban J connectivity index is 2.70. The Morgan fingerprint density at radius 1 is 1.20 bits per heavy atom. The van der Waals surface area contributed by atoms with E-state index in [9.17, 15) is 13.2 Å². The molecule has 0 fully saturated rings. The van der Waals surface area contributed by atoms with Gasteiger partial charge in [-0.1, -0.05) is 12.1 Å². The van der Waals surface area contributed by atoms with E-state index in [-0.39, 0.29) is 6.61 Å². The molecule has 0 amide bonds. The molecule has 0 aliphatic carbocycles. The van der Waals surface area contributed by atoms with Crippen molar-refractivity contribution in [1.29, 1.82) is 0 Å². The molecule has 0 aliphatic heterocycles. The first-order valence-electron chi connectivity index (χ1n) is 4.40. The van der Waals surface area contributed by atoms with Gasteiger partial charge in [-0.05, 0) is 17.7 Å². The van der Waals surface area contributed by atoms with Gasteiger partial charge < -0.3 is 10.0 Å².